The fourth-order valence-corrected chi connectivity index (χ4v) is 3.38. The summed E-state index contributed by atoms with van der Waals surface area (Å²) >= 11 is 0. The van der Waals surface area contributed by atoms with E-state index < -0.39 is 5.97 Å². The third-order valence-electron chi connectivity index (χ3n) is 4.06. The van der Waals surface area contributed by atoms with Crippen molar-refractivity contribution in [3.63, 3.8) is 0 Å². The second kappa shape index (κ2) is 2.24. The number of carboxylic acid groups (broad SMARTS) is 1. The minimum atomic E-state index is -0.577. The molecular weight excluding hydrogens is 152 g/mol. The molecule has 0 spiro atoms. The topological polar surface area (TPSA) is 37.3 Å². The van der Waals surface area contributed by atoms with Gasteiger partial charge in [0.1, 0.15) is 0 Å². The molecule has 0 aromatic carbocycles. The molecule has 0 aromatic heterocycles. The molecule has 0 saturated heterocycles. The van der Waals surface area contributed by atoms with Crippen molar-refractivity contribution < 1.29 is 9.90 Å². The van der Waals surface area contributed by atoms with E-state index in [2.05, 4.69) is 13.8 Å². The lowest BCUT2D eigenvalue weighted by atomic mass is 9.69. The van der Waals surface area contributed by atoms with Gasteiger partial charge >= 0.3 is 5.97 Å². The summed E-state index contributed by atoms with van der Waals surface area (Å²) in [6.07, 6.45) is 3.55. The van der Waals surface area contributed by atoms with Gasteiger partial charge in [-0.1, -0.05) is 13.8 Å². The molecule has 2 nitrogen and oxygen atoms in total. The molecule has 2 bridgehead atoms. The maximum Gasteiger partial charge on any atom is 0.307 e. The van der Waals surface area contributed by atoms with Crippen molar-refractivity contribution in [2.45, 2.75) is 33.1 Å². The van der Waals surface area contributed by atoms with Gasteiger partial charge in [0.15, 0.2) is 0 Å². The Morgan fingerprint density at radius 3 is 2.42 bits per heavy atom. The predicted octanol–water partition coefficient (Wildman–Crippen LogP) is 2.14. The van der Waals surface area contributed by atoms with E-state index in [4.69, 9.17) is 5.11 Å². The van der Waals surface area contributed by atoms with E-state index in [0.29, 0.717) is 11.8 Å². The standard InChI is InChI=1S/C10H16O2/c1-10(2)7-4-3-6(5-7)8(10)9(11)12/h6-8H,3-5H2,1-2H3,(H,11,12)/t6-,7+,8+/m0/s1. The molecule has 2 fully saturated rings. The summed E-state index contributed by atoms with van der Waals surface area (Å²) in [4.78, 5) is 11.0. The molecule has 2 heteroatoms. The normalized spacial score (nSPS) is 43.3. The Bertz CT molecular complexity index is 220. The molecule has 68 valence electrons. The van der Waals surface area contributed by atoms with Gasteiger partial charge in [-0.05, 0) is 36.5 Å². The van der Waals surface area contributed by atoms with Crippen LogP contribution in [0, 0.1) is 23.2 Å². The third kappa shape index (κ3) is 0.838. The maximum absolute atomic E-state index is 11.0. The Hall–Kier alpha value is -0.530. The van der Waals surface area contributed by atoms with Gasteiger partial charge in [-0.2, -0.15) is 0 Å². The zero-order valence-electron chi connectivity index (χ0n) is 7.71. The van der Waals surface area contributed by atoms with Crippen molar-refractivity contribution >= 4 is 5.97 Å². The molecular formula is C10H16O2. The van der Waals surface area contributed by atoms with E-state index >= 15 is 0 Å². The first-order valence-corrected chi connectivity index (χ1v) is 4.76. The highest BCUT2D eigenvalue weighted by molar-refractivity contribution is 5.72. The van der Waals surface area contributed by atoms with E-state index in [-0.39, 0.29) is 11.3 Å². The predicted molar refractivity (Wildman–Crippen MR) is 45.7 cm³/mol. The van der Waals surface area contributed by atoms with Crippen LogP contribution in [-0.4, -0.2) is 11.1 Å². The van der Waals surface area contributed by atoms with Crippen LogP contribution in [0.3, 0.4) is 0 Å². The first-order chi connectivity index (χ1) is 5.53. The molecule has 1 N–H and O–H groups in total. The number of carbonyl (C=O) groups is 1. The summed E-state index contributed by atoms with van der Waals surface area (Å²) in [6.45, 7) is 4.24. The monoisotopic (exact) mass is 168 g/mol. The molecule has 0 aromatic rings. The van der Waals surface area contributed by atoms with E-state index in [1.807, 2.05) is 0 Å². The summed E-state index contributed by atoms with van der Waals surface area (Å²) < 4.78 is 0. The van der Waals surface area contributed by atoms with E-state index in [9.17, 15) is 4.79 Å². The quantitative estimate of drug-likeness (QED) is 0.651. The van der Waals surface area contributed by atoms with Crippen LogP contribution in [0.5, 0.6) is 0 Å². The number of fused-ring (bicyclic) bond motifs is 2. The van der Waals surface area contributed by atoms with Crippen LogP contribution in [0.15, 0.2) is 0 Å². The largest absolute Gasteiger partial charge is 0.481 e. The van der Waals surface area contributed by atoms with Crippen molar-refractivity contribution in [2.75, 3.05) is 0 Å². The Balaban J connectivity index is 2.29. The van der Waals surface area contributed by atoms with Gasteiger partial charge in [0.25, 0.3) is 0 Å². The van der Waals surface area contributed by atoms with Crippen LogP contribution >= 0.6 is 0 Å². The minimum Gasteiger partial charge on any atom is -0.481 e. The lowest BCUT2D eigenvalue weighted by Gasteiger charge is -2.35. The lowest BCUT2D eigenvalue weighted by Crippen LogP contribution is -2.36. The molecule has 2 rings (SSSR count). The highest BCUT2D eigenvalue weighted by atomic mass is 16.4. The van der Waals surface area contributed by atoms with Gasteiger partial charge in [-0.15, -0.1) is 0 Å². The lowest BCUT2D eigenvalue weighted by molar-refractivity contribution is -0.148. The molecule has 2 aliphatic carbocycles. The molecule has 3 atom stereocenters. The van der Waals surface area contributed by atoms with Crippen LogP contribution in [0.25, 0.3) is 0 Å². The molecule has 0 unspecified atom stereocenters. The van der Waals surface area contributed by atoms with Crippen molar-refractivity contribution in [3.05, 3.63) is 0 Å². The van der Waals surface area contributed by atoms with Gasteiger partial charge in [0.2, 0.25) is 0 Å². The van der Waals surface area contributed by atoms with Gasteiger partial charge in [-0.3, -0.25) is 4.79 Å². The molecule has 12 heavy (non-hydrogen) atoms. The summed E-state index contributed by atoms with van der Waals surface area (Å²) in [5.41, 5.74) is 0.0503. The first-order valence-electron chi connectivity index (χ1n) is 4.76. The Kier molecular flexibility index (Phi) is 1.51. The van der Waals surface area contributed by atoms with Gasteiger partial charge in [0, 0.05) is 0 Å². The average molecular weight is 168 g/mol. The van der Waals surface area contributed by atoms with Crippen LogP contribution in [0.2, 0.25) is 0 Å². The second-order valence-electron chi connectivity index (χ2n) is 4.91. The highest BCUT2D eigenvalue weighted by Crippen LogP contribution is 2.59. The van der Waals surface area contributed by atoms with Crippen LogP contribution in [-0.2, 0) is 4.79 Å². The summed E-state index contributed by atoms with van der Waals surface area (Å²) in [6, 6.07) is 0. The van der Waals surface area contributed by atoms with Gasteiger partial charge in [-0.25, -0.2) is 0 Å². The molecule has 0 heterocycles. The summed E-state index contributed by atoms with van der Waals surface area (Å²) in [7, 11) is 0. The Morgan fingerprint density at radius 1 is 1.42 bits per heavy atom. The van der Waals surface area contributed by atoms with Crippen molar-refractivity contribution in [2.24, 2.45) is 23.2 Å². The summed E-state index contributed by atoms with van der Waals surface area (Å²) in [5, 5.41) is 9.07. The molecule has 0 radical (unpaired) electrons. The van der Waals surface area contributed by atoms with E-state index in [1.54, 1.807) is 0 Å². The number of hydrogen-bond donors (Lipinski definition) is 1. The number of carboxylic acids is 1. The average Bonchev–Trinajstić information content (AvgIpc) is 2.41. The van der Waals surface area contributed by atoms with Gasteiger partial charge < -0.3 is 5.11 Å². The molecule has 0 aliphatic heterocycles. The number of aliphatic carboxylic acids is 1. The fourth-order valence-electron chi connectivity index (χ4n) is 3.38. The van der Waals surface area contributed by atoms with Crippen LogP contribution in [0.1, 0.15) is 33.1 Å². The van der Waals surface area contributed by atoms with E-state index in [1.165, 1.54) is 6.42 Å². The Labute approximate surface area is 73.0 Å². The van der Waals surface area contributed by atoms with Gasteiger partial charge in [0.05, 0.1) is 5.92 Å². The van der Waals surface area contributed by atoms with Crippen LogP contribution < -0.4 is 0 Å². The SMILES string of the molecule is CC1(C)[C@@H]2CC[C@@H](C2)[C@@H]1C(=O)O. The summed E-state index contributed by atoms with van der Waals surface area (Å²) in [5.74, 6) is 0.495. The molecule has 2 saturated carbocycles. The molecule has 2 aliphatic rings. The van der Waals surface area contributed by atoms with Crippen LogP contribution in [0.4, 0.5) is 0 Å². The first kappa shape index (κ1) is 8.09. The van der Waals surface area contributed by atoms with Crippen molar-refractivity contribution in [3.8, 4) is 0 Å². The van der Waals surface area contributed by atoms with E-state index in [0.717, 1.165) is 12.8 Å². The number of hydrogen-bond acceptors (Lipinski definition) is 1. The van der Waals surface area contributed by atoms with Crippen molar-refractivity contribution in [1.82, 2.24) is 0 Å². The molecule has 0 amide bonds. The minimum absolute atomic E-state index is 0.0503. The second-order valence-corrected chi connectivity index (χ2v) is 4.91. The van der Waals surface area contributed by atoms with Crippen molar-refractivity contribution in [1.29, 1.82) is 0 Å². The highest BCUT2D eigenvalue weighted by Gasteiger charge is 2.55. The third-order valence-corrected chi connectivity index (χ3v) is 4.06. The Morgan fingerprint density at radius 2 is 2.08 bits per heavy atom. The zero-order chi connectivity index (χ0) is 8.93. The fraction of sp³-hybridized carbons (Fsp3) is 0.900. The smallest absolute Gasteiger partial charge is 0.307 e. The maximum atomic E-state index is 11.0. The number of rotatable bonds is 1. The zero-order valence-corrected chi connectivity index (χ0v) is 7.71.